The second-order valence-corrected chi connectivity index (χ2v) is 16.7. The van der Waals surface area contributed by atoms with Gasteiger partial charge in [-0.15, -0.1) is 0 Å². The lowest BCUT2D eigenvalue weighted by Gasteiger charge is -2.49. The molecule has 0 aromatic carbocycles. The van der Waals surface area contributed by atoms with Crippen molar-refractivity contribution in [2.45, 2.75) is 31.1 Å². The minimum Gasteiger partial charge on any atom is -0.468 e. The van der Waals surface area contributed by atoms with Gasteiger partial charge in [-0.25, -0.2) is 0 Å². The van der Waals surface area contributed by atoms with Crippen LogP contribution in [0.3, 0.4) is 0 Å². The number of esters is 2. The fourth-order valence-electron chi connectivity index (χ4n) is 17.3. The molecule has 12 aliphatic rings. The van der Waals surface area contributed by atoms with Crippen molar-refractivity contribution < 1.29 is 38.7 Å². The van der Waals surface area contributed by atoms with Crippen molar-refractivity contribution >= 4 is 43.8 Å². The first kappa shape index (κ1) is 20.6. The molecule has 2 N–H and O–H groups in total. The van der Waals surface area contributed by atoms with E-state index in [0.29, 0.717) is 0 Å². The van der Waals surface area contributed by atoms with E-state index in [-0.39, 0.29) is 71.1 Å². The van der Waals surface area contributed by atoms with Gasteiger partial charge in [0.2, 0.25) is 0 Å². The summed E-state index contributed by atoms with van der Waals surface area (Å²) in [5, 5.41) is 26.5. The third-order valence-electron chi connectivity index (χ3n) is 15.7. The van der Waals surface area contributed by atoms with Crippen LogP contribution in [0.4, 0.5) is 0 Å². The van der Waals surface area contributed by atoms with Crippen molar-refractivity contribution in [1.82, 2.24) is 0 Å². The molecule has 192 valence electrons. The van der Waals surface area contributed by atoms with E-state index in [1.165, 1.54) is 14.2 Å². The highest BCUT2D eigenvalue weighted by Crippen LogP contribution is 3.11. The molecular weight excluding hydrogens is 600 g/mol. The van der Waals surface area contributed by atoms with Crippen LogP contribution in [0.5, 0.6) is 0 Å². The van der Waals surface area contributed by atoms with Gasteiger partial charge < -0.3 is 29.2 Å². The molecule has 0 aromatic heterocycles. The third kappa shape index (κ3) is 0.964. The van der Waals surface area contributed by atoms with Gasteiger partial charge >= 0.3 is 11.9 Å². The molecule has 36 heavy (non-hydrogen) atoms. The van der Waals surface area contributed by atoms with Crippen LogP contribution in [0.2, 0.25) is 0 Å². The van der Waals surface area contributed by atoms with E-state index in [2.05, 4.69) is 31.9 Å². The van der Waals surface area contributed by atoms with E-state index in [0.717, 1.165) is 0 Å². The second kappa shape index (κ2) is 4.50. The number of carbonyl (C=O) groups is 2. The number of aliphatic hydroxyl groups is 2. The Balaban J connectivity index is 1.42. The van der Waals surface area contributed by atoms with Crippen LogP contribution < -0.4 is 0 Å². The predicted molar refractivity (Wildman–Crippen MR) is 123 cm³/mol. The Morgan fingerprint density at radius 1 is 0.583 bits per heavy atom. The first-order valence-electron chi connectivity index (χ1n) is 13.1. The van der Waals surface area contributed by atoms with Crippen LogP contribution in [-0.4, -0.2) is 81.6 Å². The number of hydrogen-bond donors (Lipinski definition) is 2. The van der Waals surface area contributed by atoms with Gasteiger partial charge in [0, 0.05) is 61.6 Å². The van der Waals surface area contributed by atoms with Gasteiger partial charge in [-0.1, -0.05) is 31.9 Å². The summed E-state index contributed by atoms with van der Waals surface area (Å²) in [7, 11) is 6.26. The van der Waals surface area contributed by atoms with Crippen molar-refractivity contribution in [2.24, 2.45) is 81.8 Å². The summed E-state index contributed by atoms with van der Waals surface area (Å²) < 4.78 is 23.0. The molecular formula is C26H26Br2O8. The Labute approximate surface area is 223 Å². The molecule has 0 aromatic rings. The number of halogens is 2. The van der Waals surface area contributed by atoms with E-state index in [1.54, 1.807) is 14.2 Å². The molecule has 10 heteroatoms. The minimum absolute atomic E-state index is 0.0456. The number of rotatable bonds is 4. The second-order valence-electron chi connectivity index (χ2n) is 14.0. The van der Waals surface area contributed by atoms with Crippen LogP contribution in [0.1, 0.15) is 0 Å². The molecule has 0 amide bonds. The molecule has 0 radical (unpaired) electrons. The molecule has 12 aliphatic carbocycles. The van der Waals surface area contributed by atoms with Crippen LogP contribution >= 0.6 is 31.9 Å². The van der Waals surface area contributed by atoms with Crippen molar-refractivity contribution in [2.75, 3.05) is 28.4 Å². The zero-order valence-electron chi connectivity index (χ0n) is 20.0. The zero-order chi connectivity index (χ0) is 24.9. The first-order valence-corrected chi connectivity index (χ1v) is 14.7. The van der Waals surface area contributed by atoms with Crippen LogP contribution in [-0.2, 0) is 28.5 Å². The van der Waals surface area contributed by atoms with Crippen molar-refractivity contribution in [3.05, 3.63) is 0 Å². The summed E-state index contributed by atoms with van der Waals surface area (Å²) in [5.41, 5.74) is -6.54. The van der Waals surface area contributed by atoms with E-state index >= 15 is 0 Å². The summed E-state index contributed by atoms with van der Waals surface area (Å²) in [6, 6.07) is 0. The SMILES string of the molecule is COC(=O)[C@@]12[C@@H]3[C@@H]4[C@@H]5[C@@H]6[C@@]7(O)[C@@H]8[C@H]9[C@@H]%10[C@@H]%11[C@@](Br)([C@H]4[C@@]6(C(=O)OC)[C@@]%118OC)[C@]3(O)[C@H]%10[C@]1(OC)[C@H]9[C@@]7(Br)[C@H]52. The monoisotopic (exact) mass is 624 g/mol. The predicted octanol–water partition coefficient (Wildman–Crippen LogP) is 0.349. The van der Waals surface area contributed by atoms with Crippen LogP contribution in [0.25, 0.3) is 0 Å². The molecule has 0 saturated heterocycles. The summed E-state index contributed by atoms with van der Waals surface area (Å²) in [4.78, 5) is 28.6. The lowest BCUT2D eigenvalue weighted by Crippen LogP contribution is -2.61. The summed E-state index contributed by atoms with van der Waals surface area (Å²) >= 11 is 8.44. The van der Waals surface area contributed by atoms with Gasteiger partial charge in [-0.2, -0.15) is 0 Å². The Kier molecular flexibility index (Phi) is 2.58. The van der Waals surface area contributed by atoms with Gasteiger partial charge in [0.05, 0.1) is 45.3 Å². The van der Waals surface area contributed by atoms with Crippen LogP contribution in [0.15, 0.2) is 0 Å². The van der Waals surface area contributed by atoms with E-state index in [9.17, 15) is 19.8 Å². The molecule has 0 aliphatic heterocycles. The average Bonchev–Trinajstić information content (AvgIpc) is 3.69. The van der Waals surface area contributed by atoms with Crippen molar-refractivity contribution in [3.8, 4) is 0 Å². The van der Waals surface area contributed by atoms with Crippen LogP contribution in [0, 0.1) is 81.8 Å². The highest BCUT2D eigenvalue weighted by atomic mass is 79.9. The molecule has 0 unspecified atom stereocenters. The average molecular weight is 626 g/mol. The lowest BCUT2D eigenvalue weighted by molar-refractivity contribution is -0.201. The van der Waals surface area contributed by atoms with Gasteiger partial charge in [0.15, 0.2) is 0 Å². The quantitative estimate of drug-likeness (QED) is 0.340. The fourth-order valence-corrected chi connectivity index (χ4v) is 21.0. The maximum Gasteiger partial charge on any atom is 0.315 e. The van der Waals surface area contributed by atoms with E-state index in [4.69, 9.17) is 18.9 Å². The molecule has 8 nitrogen and oxygen atoms in total. The topological polar surface area (TPSA) is 112 Å². The maximum absolute atomic E-state index is 14.3. The third-order valence-corrected chi connectivity index (χ3v) is 19.0. The molecule has 0 bridgehead atoms. The van der Waals surface area contributed by atoms with Gasteiger partial charge in [0.1, 0.15) is 10.8 Å². The van der Waals surface area contributed by atoms with Gasteiger partial charge in [0.25, 0.3) is 0 Å². The smallest absolute Gasteiger partial charge is 0.315 e. The normalized spacial score (nSPS) is 81.6. The van der Waals surface area contributed by atoms with Crippen molar-refractivity contribution in [1.29, 1.82) is 0 Å². The summed E-state index contributed by atoms with van der Waals surface area (Å²) in [6.07, 6.45) is 0. The standard InChI is InChI=1S/C26H26Br2O8/c1-33-17(29)19-9-5-6-10-20(18(30)34-2)12(5)24(32)16-7-8-14(26(16,20)36-4)22(10,28)23(31,11(6)19)15(8)25(19,35-3)13(7)21(9,24)27/h5-16,31-32H,1-4H3/t5-,6+,7-,8+,9-,10-,11+,12+,13-,14-,15+,16+,19-,20-,21+,22+,23-,24-,25-,26-/m1/s1. The molecule has 0 spiro atoms. The highest BCUT2D eigenvalue weighted by molar-refractivity contribution is 9.10. The summed E-state index contributed by atoms with van der Waals surface area (Å²) in [5.74, 6) is -3.43. The number of methoxy groups -OCH3 is 4. The Hall–Kier alpha value is -0.260. The maximum atomic E-state index is 14.3. The number of hydrogen-bond acceptors (Lipinski definition) is 8. The lowest BCUT2D eigenvalue weighted by atomic mass is 9.59. The molecule has 12 rings (SSSR count). The van der Waals surface area contributed by atoms with Gasteiger partial charge in [-0.05, 0) is 23.7 Å². The largest absolute Gasteiger partial charge is 0.468 e. The molecule has 12 saturated carbocycles. The first-order chi connectivity index (χ1) is 17.0. The number of ether oxygens (including phenoxy) is 4. The van der Waals surface area contributed by atoms with Crippen molar-refractivity contribution in [3.63, 3.8) is 0 Å². The number of carbonyl (C=O) groups excluding carboxylic acids is 2. The Bertz CT molecular complexity index is 1190. The Morgan fingerprint density at radius 3 is 1.22 bits per heavy atom. The minimum atomic E-state index is -1.25. The molecule has 20 atom stereocenters. The Morgan fingerprint density at radius 2 is 0.917 bits per heavy atom. The van der Waals surface area contributed by atoms with E-state index in [1.807, 2.05) is 0 Å². The molecule has 0 heterocycles. The number of alkyl halides is 2. The fraction of sp³-hybridized carbons (Fsp3) is 0.923. The highest BCUT2D eigenvalue weighted by Gasteiger charge is 3.21. The van der Waals surface area contributed by atoms with Gasteiger partial charge in [-0.3, -0.25) is 9.59 Å². The van der Waals surface area contributed by atoms with E-state index < -0.39 is 53.7 Å². The summed E-state index contributed by atoms with van der Waals surface area (Å²) in [6.45, 7) is 0. The zero-order valence-corrected chi connectivity index (χ0v) is 23.2. The molecule has 12 fully saturated rings.